The largest absolute Gasteiger partial charge is 0.250 e. The molecule has 1 aromatic heterocycles. The van der Waals surface area contributed by atoms with Crippen LogP contribution in [0.3, 0.4) is 0 Å². The first kappa shape index (κ1) is 10.2. The maximum atomic E-state index is 11.6. The Morgan fingerprint density at radius 1 is 1.54 bits per heavy atom. The van der Waals surface area contributed by atoms with Crippen LogP contribution in [0.4, 0.5) is 5.82 Å². The van der Waals surface area contributed by atoms with Crippen LogP contribution in [-0.4, -0.2) is 21.2 Å². The van der Waals surface area contributed by atoms with Gasteiger partial charge in [0, 0.05) is 18.2 Å². The Balaban J connectivity index is 3.06. The minimum atomic E-state index is -2.07. The first-order chi connectivity index (χ1) is 6.03. The third kappa shape index (κ3) is 3.14. The predicted molar refractivity (Wildman–Crippen MR) is 55.7 cm³/mol. The van der Waals surface area contributed by atoms with Crippen LogP contribution in [-0.2, 0) is 9.73 Å². The summed E-state index contributed by atoms with van der Waals surface area (Å²) in [6.45, 7) is 3.82. The van der Waals surface area contributed by atoms with Gasteiger partial charge >= 0.3 is 0 Å². The highest BCUT2D eigenvalue weighted by Gasteiger charge is 1.97. The highest BCUT2D eigenvalue weighted by molar-refractivity contribution is 7.93. The quantitative estimate of drug-likeness (QED) is 0.730. The Morgan fingerprint density at radius 3 is 2.69 bits per heavy atom. The number of pyridine rings is 1. The van der Waals surface area contributed by atoms with Gasteiger partial charge in [-0.15, -0.1) is 0 Å². The fraction of sp³-hybridized carbons (Fsp3) is 0.444. The number of hydrogen-bond donors (Lipinski definition) is 0. The van der Waals surface area contributed by atoms with E-state index in [1.54, 1.807) is 18.5 Å². The number of nitrogens with zero attached hydrogens (tertiary/aromatic N) is 2. The van der Waals surface area contributed by atoms with Crippen molar-refractivity contribution in [1.82, 2.24) is 4.98 Å². The summed E-state index contributed by atoms with van der Waals surface area (Å²) in [5, 5.41) is 0. The fourth-order valence-corrected chi connectivity index (χ4v) is 1.41. The molecule has 1 atom stereocenters. The lowest BCUT2D eigenvalue weighted by Crippen LogP contribution is -1.98. The van der Waals surface area contributed by atoms with E-state index < -0.39 is 9.73 Å². The molecule has 1 heterocycles. The van der Waals surface area contributed by atoms with Gasteiger partial charge in [-0.2, -0.15) is 4.36 Å². The number of rotatable bonds is 2. The Bertz CT molecular complexity index is 389. The third-order valence-corrected chi connectivity index (χ3v) is 3.36. The first-order valence-corrected chi connectivity index (χ1v) is 6.25. The molecule has 0 aliphatic heterocycles. The van der Waals surface area contributed by atoms with Gasteiger partial charge in [0.15, 0.2) is 5.82 Å². The van der Waals surface area contributed by atoms with E-state index >= 15 is 0 Å². The van der Waals surface area contributed by atoms with Crippen molar-refractivity contribution >= 4 is 15.5 Å². The molecule has 13 heavy (non-hydrogen) atoms. The molecule has 0 unspecified atom stereocenters. The summed E-state index contributed by atoms with van der Waals surface area (Å²) in [4.78, 5) is 4.07. The lowest BCUT2D eigenvalue weighted by molar-refractivity contribution is 0.681. The molecule has 1 aromatic rings. The van der Waals surface area contributed by atoms with Crippen LogP contribution in [0.2, 0.25) is 0 Å². The molecule has 0 bridgehead atoms. The van der Waals surface area contributed by atoms with E-state index in [9.17, 15) is 4.21 Å². The summed E-state index contributed by atoms with van der Waals surface area (Å²) in [7, 11) is -2.07. The van der Waals surface area contributed by atoms with E-state index in [4.69, 9.17) is 0 Å². The lowest BCUT2D eigenvalue weighted by Gasteiger charge is -1.99. The Labute approximate surface area is 79.4 Å². The molecule has 0 saturated heterocycles. The number of aryl methyl sites for hydroxylation is 1. The maximum absolute atomic E-state index is 11.6. The zero-order chi connectivity index (χ0) is 9.90. The molecule has 0 aromatic carbocycles. The van der Waals surface area contributed by atoms with Crippen LogP contribution in [0, 0.1) is 6.92 Å². The topological polar surface area (TPSA) is 42.3 Å². The van der Waals surface area contributed by atoms with Gasteiger partial charge in [0.2, 0.25) is 0 Å². The van der Waals surface area contributed by atoms with E-state index in [1.807, 2.05) is 19.9 Å². The van der Waals surface area contributed by atoms with Gasteiger partial charge in [-0.05, 0) is 18.6 Å². The highest BCUT2D eigenvalue weighted by Crippen LogP contribution is 2.10. The van der Waals surface area contributed by atoms with E-state index in [0.29, 0.717) is 11.6 Å². The second kappa shape index (κ2) is 3.87. The normalized spacial score (nSPS) is 15.0. The average Bonchev–Trinajstić information content (AvgIpc) is 2.09. The monoisotopic (exact) mass is 198 g/mol. The molecule has 0 amide bonds. The van der Waals surface area contributed by atoms with Crippen molar-refractivity contribution in [3.63, 3.8) is 0 Å². The molecule has 3 nitrogen and oxygen atoms in total. The fourth-order valence-electron chi connectivity index (χ4n) is 0.776. The molecule has 0 aliphatic carbocycles. The summed E-state index contributed by atoms with van der Waals surface area (Å²) >= 11 is 0. The Hall–Kier alpha value is -0.900. The molecule has 0 fully saturated rings. The van der Waals surface area contributed by atoms with Crippen molar-refractivity contribution in [1.29, 1.82) is 0 Å². The van der Waals surface area contributed by atoms with Gasteiger partial charge in [-0.1, -0.05) is 13.0 Å². The zero-order valence-corrected chi connectivity index (χ0v) is 8.97. The van der Waals surface area contributed by atoms with Crippen LogP contribution >= 0.6 is 0 Å². The van der Waals surface area contributed by atoms with E-state index in [1.165, 1.54) is 0 Å². The van der Waals surface area contributed by atoms with Crippen LogP contribution < -0.4 is 0 Å². The van der Waals surface area contributed by atoms with Crippen molar-refractivity contribution in [2.24, 2.45) is 4.36 Å². The van der Waals surface area contributed by atoms with Gasteiger partial charge in [0.1, 0.15) is 0 Å². The molecule has 0 saturated carbocycles. The van der Waals surface area contributed by atoms with Gasteiger partial charge in [-0.25, -0.2) is 9.19 Å². The Morgan fingerprint density at radius 2 is 2.23 bits per heavy atom. The molecule has 0 radical (unpaired) electrons. The molecule has 72 valence electrons. The van der Waals surface area contributed by atoms with Crippen LogP contribution in [0.1, 0.15) is 12.5 Å². The zero-order valence-electron chi connectivity index (χ0n) is 8.15. The molecule has 0 spiro atoms. The van der Waals surface area contributed by atoms with Crippen LogP contribution in [0.5, 0.6) is 0 Å². The number of hydrogen-bond acceptors (Lipinski definition) is 3. The molecule has 0 N–H and O–H groups in total. The van der Waals surface area contributed by atoms with Gasteiger partial charge in [0.05, 0.1) is 9.73 Å². The van der Waals surface area contributed by atoms with Crippen molar-refractivity contribution in [3.05, 3.63) is 23.9 Å². The molecule has 0 aliphatic rings. The van der Waals surface area contributed by atoms with Crippen molar-refractivity contribution in [2.75, 3.05) is 12.0 Å². The molecular weight excluding hydrogens is 184 g/mol. The van der Waals surface area contributed by atoms with Crippen LogP contribution in [0.15, 0.2) is 22.7 Å². The Kier molecular flexibility index (Phi) is 3.03. The van der Waals surface area contributed by atoms with E-state index in [0.717, 1.165) is 5.56 Å². The SMILES string of the molecule is CC[S@@](C)(=O)=Nc1ccc(C)cn1. The summed E-state index contributed by atoms with van der Waals surface area (Å²) < 4.78 is 15.7. The number of aromatic nitrogens is 1. The summed E-state index contributed by atoms with van der Waals surface area (Å²) in [6, 6.07) is 3.70. The van der Waals surface area contributed by atoms with E-state index in [2.05, 4.69) is 9.35 Å². The second-order valence-corrected chi connectivity index (χ2v) is 5.71. The van der Waals surface area contributed by atoms with Crippen molar-refractivity contribution in [2.45, 2.75) is 13.8 Å². The van der Waals surface area contributed by atoms with Gasteiger partial charge in [0.25, 0.3) is 0 Å². The standard InChI is InChI=1S/C9H14N2OS/c1-4-13(3,12)11-9-6-5-8(2)7-10-9/h5-7H,4H2,1-3H3/t13-/m1/s1. The summed E-state index contributed by atoms with van der Waals surface area (Å²) in [6.07, 6.45) is 3.37. The average molecular weight is 198 g/mol. The molecule has 1 rings (SSSR count). The molecule has 4 heteroatoms. The van der Waals surface area contributed by atoms with Crippen molar-refractivity contribution in [3.8, 4) is 0 Å². The van der Waals surface area contributed by atoms with Gasteiger partial charge in [-0.3, -0.25) is 0 Å². The summed E-state index contributed by atoms with van der Waals surface area (Å²) in [5.74, 6) is 1.11. The third-order valence-electron chi connectivity index (χ3n) is 1.72. The smallest absolute Gasteiger partial charge is 0.161 e. The van der Waals surface area contributed by atoms with Crippen molar-refractivity contribution < 1.29 is 4.21 Å². The molecular formula is C9H14N2OS. The highest BCUT2D eigenvalue weighted by atomic mass is 32.2. The minimum Gasteiger partial charge on any atom is -0.250 e. The van der Waals surface area contributed by atoms with Crippen LogP contribution in [0.25, 0.3) is 0 Å². The van der Waals surface area contributed by atoms with Gasteiger partial charge < -0.3 is 0 Å². The second-order valence-electron chi connectivity index (χ2n) is 3.03. The summed E-state index contributed by atoms with van der Waals surface area (Å²) in [5.41, 5.74) is 1.08. The minimum absolute atomic E-state index is 0.556. The van der Waals surface area contributed by atoms with E-state index in [-0.39, 0.29) is 0 Å². The predicted octanol–water partition coefficient (Wildman–Crippen LogP) is 2.14. The lowest BCUT2D eigenvalue weighted by atomic mass is 10.3. The first-order valence-electron chi connectivity index (χ1n) is 4.16. The maximum Gasteiger partial charge on any atom is 0.161 e.